The Morgan fingerprint density at radius 2 is 2.38 bits per heavy atom. The normalized spacial score (nSPS) is 17.2. The van der Waals surface area contributed by atoms with Crippen molar-refractivity contribution >= 4 is 0 Å². The summed E-state index contributed by atoms with van der Waals surface area (Å²) >= 11 is 0. The molecule has 13 heavy (non-hydrogen) atoms. The second-order valence-electron chi connectivity index (χ2n) is 3.44. The lowest BCUT2D eigenvalue weighted by molar-refractivity contribution is 0.491. The van der Waals surface area contributed by atoms with E-state index in [1.807, 2.05) is 0 Å². The highest BCUT2D eigenvalue weighted by Crippen LogP contribution is 2.18. The molecule has 1 aliphatic rings. The summed E-state index contributed by atoms with van der Waals surface area (Å²) in [6.45, 7) is 4.34. The monoisotopic (exact) mass is 177 g/mol. The lowest BCUT2D eigenvalue weighted by Crippen LogP contribution is -2.16. The van der Waals surface area contributed by atoms with Crippen LogP contribution in [0.1, 0.15) is 33.1 Å². The van der Waals surface area contributed by atoms with Gasteiger partial charge in [-0.15, -0.1) is 0 Å². The van der Waals surface area contributed by atoms with Crippen LogP contribution in [0, 0.1) is 0 Å². The van der Waals surface area contributed by atoms with Crippen molar-refractivity contribution < 1.29 is 0 Å². The van der Waals surface area contributed by atoms with Gasteiger partial charge in [-0.3, -0.25) is 0 Å². The fourth-order valence-electron chi connectivity index (χ4n) is 1.53. The lowest BCUT2D eigenvalue weighted by atomic mass is 10.1. The SMILES string of the molecule is CC/C=C(\C)N(C)C1=CC=CCC1. The lowest BCUT2D eigenvalue weighted by Gasteiger charge is -2.24. The van der Waals surface area contributed by atoms with Gasteiger partial charge in [-0.2, -0.15) is 0 Å². The maximum atomic E-state index is 2.28. The number of nitrogens with zero attached hydrogens (tertiary/aromatic N) is 1. The molecule has 72 valence electrons. The van der Waals surface area contributed by atoms with Gasteiger partial charge in [0.2, 0.25) is 0 Å². The van der Waals surface area contributed by atoms with Crippen molar-refractivity contribution in [3.63, 3.8) is 0 Å². The quantitative estimate of drug-likeness (QED) is 0.638. The van der Waals surface area contributed by atoms with E-state index in [9.17, 15) is 0 Å². The van der Waals surface area contributed by atoms with E-state index in [0.29, 0.717) is 0 Å². The minimum Gasteiger partial charge on any atom is -0.352 e. The molecule has 1 nitrogen and oxygen atoms in total. The van der Waals surface area contributed by atoms with Crippen molar-refractivity contribution in [2.24, 2.45) is 0 Å². The molecule has 0 amide bonds. The van der Waals surface area contributed by atoms with Gasteiger partial charge >= 0.3 is 0 Å². The number of hydrogen-bond donors (Lipinski definition) is 0. The van der Waals surface area contributed by atoms with E-state index < -0.39 is 0 Å². The topological polar surface area (TPSA) is 3.24 Å². The summed E-state index contributed by atoms with van der Waals surface area (Å²) in [5.41, 5.74) is 2.77. The maximum Gasteiger partial charge on any atom is 0.0176 e. The molecule has 0 atom stereocenters. The Bertz CT molecular complexity index is 246. The molecule has 0 radical (unpaired) electrons. The molecule has 0 N–H and O–H groups in total. The van der Waals surface area contributed by atoms with Crippen molar-refractivity contribution in [2.45, 2.75) is 33.1 Å². The van der Waals surface area contributed by atoms with Gasteiger partial charge in [0.25, 0.3) is 0 Å². The molecule has 1 heteroatoms. The van der Waals surface area contributed by atoms with Crippen LogP contribution in [0.2, 0.25) is 0 Å². The smallest absolute Gasteiger partial charge is 0.0176 e. The predicted octanol–water partition coefficient (Wildman–Crippen LogP) is 3.47. The van der Waals surface area contributed by atoms with Gasteiger partial charge in [-0.1, -0.05) is 25.2 Å². The Balaban J connectivity index is 2.66. The second kappa shape index (κ2) is 4.90. The molecule has 0 aliphatic heterocycles. The van der Waals surface area contributed by atoms with Crippen LogP contribution in [0.4, 0.5) is 0 Å². The maximum absolute atomic E-state index is 2.28. The summed E-state index contributed by atoms with van der Waals surface area (Å²) in [7, 11) is 2.15. The third-order valence-corrected chi connectivity index (χ3v) is 2.45. The second-order valence-corrected chi connectivity index (χ2v) is 3.44. The summed E-state index contributed by atoms with van der Waals surface area (Å²) in [4.78, 5) is 2.28. The van der Waals surface area contributed by atoms with Crippen molar-refractivity contribution in [2.75, 3.05) is 7.05 Å². The Labute approximate surface area is 81.4 Å². The van der Waals surface area contributed by atoms with Gasteiger partial charge < -0.3 is 4.90 Å². The fourth-order valence-corrected chi connectivity index (χ4v) is 1.53. The Morgan fingerprint density at radius 1 is 1.62 bits per heavy atom. The Hall–Kier alpha value is -0.980. The molecule has 1 aliphatic carbocycles. The van der Waals surface area contributed by atoms with Crippen molar-refractivity contribution in [1.82, 2.24) is 4.90 Å². The van der Waals surface area contributed by atoms with Gasteiger partial charge in [0.1, 0.15) is 0 Å². The van der Waals surface area contributed by atoms with Crippen LogP contribution in [0.3, 0.4) is 0 Å². The summed E-state index contributed by atoms with van der Waals surface area (Å²) in [5.74, 6) is 0. The first-order valence-electron chi connectivity index (χ1n) is 5.02. The number of rotatable bonds is 3. The van der Waals surface area contributed by atoms with Crippen LogP contribution in [0.25, 0.3) is 0 Å². The van der Waals surface area contributed by atoms with E-state index >= 15 is 0 Å². The molecular weight excluding hydrogens is 158 g/mol. The zero-order valence-electron chi connectivity index (χ0n) is 8.88. The highest BCUT2D eigenvalue weighted by atomic mass is 15.1. The van der Waals surface area contributed by atoms with Crippen LogP contribution in [-0.4, -0.2) is 11.9 Å². The highest BCUT2D eigenvalue weighted by Gasteiger charge is 2.06. The van der Waals surface area contributed by atoms with Crippen LogP contribution < -0.4 is 0 Å². The molecule has 0 saturated carbocycles. The summed E-state index contributed by atoms with van der Waals surface area (Å²) in [6, 6.07) is 0. The molecule has 0 unspecified atom stereocenters. The standard InChI is InChI=1S/C12H19N/c1-4-8-11(2)13(3)12-9-6-5-7-10-12/h5-6,8-9H,4,7,10H2,1-3H3/b11-8+. The van der Waals surface area contributed by atoms with Gasteiger partial charge in [-0.25, -0.2) is 0 Å². The van der Waals surface area contributed by atoms with E-state index in [-0.39, 0.29) is 0 Å². The highest BCUT2D eigenvalue weighted by molar-refractivity contribution is 5.20. The van der Waals surface area contributed by atoms with E-state index in [2.05, 4.69) is 50.1 Å². The van der Waals surface area contributed by atoms with Gasteiger partial charge in [-0.05, 0) is 32.3 Å². The third kappa shape index (κ3) is 2.76. The van der Waals surface area contributed by atoms with E-state index in [1.165, 1.54) is 24.2 Å². The summed E-state index contributed by atoms with van der Waals surface area (Å²) in [5, 5.41) is 0. The van der Waals surface area contributed by atoms with Crippen LogP contribution in [0.5, 0.6) is 0 Å². The molecule has 0 heterocycles. The van der Waals surface area contributed by atoms with Crippen LogP contribution >= 0.6 is 0 Å². The average Bonchev–Trinajstić information content (AvgIpc) is 2.18. The zero-order chi connectivity index (χ0) is 9.68. The third-order valence-electron chi connectivity index (χ3n) is 2.45. The van der Waals surface area contributed by atoms with Crippen molar-refractivity contribution in [3.05, 3.63) is 35.7 Å². The molecule has 0 aromatic carbocycles. The summed E-state index contributed by atoms with van der Waals surface area (Å²) < 4.78 is 0. The molecule has 0 saturated heterocycles. The van der Waals surface area contributed by atoms with Gasteiger partial charge in [0.15, 0.2) is 0 Å². The number of allylic oxidation sites excluding steroid dienone is 6. The van der Waals surface area contributed by atoms with Crippen LogP contribution in [-0.2, 0) is 0 Å². The van der Waals surface area contributed by atoms with E-state index in [4.69, 9.17) is 0 Å². The average molecular weight is 177 g/mol. The minimum atomic E-state index is 1.11. The summed E-state index contributed by atoms with van der Waals surface area (Å²) in [6.07, 6.45) is 12.3. The molecule has 0 aromatic rings. The largest absolute Gasteiger partial charge is 0.352 e. The molecule has 0 spiro atoms. The zero-order valence-corrected chi connectivity index (χ0v) is 8.88. The van der Waals surface area contributed by atoms with E-state index in [0.717, 1.165) is 6.42 Å². The molecular formula is C12H19N. The van der Waals surface area contributed by atoms with E-state index in [1.54, 1.807) is 0 Å². The minimum absolute atomic E-state index is 1.11. The van der Waals surface area contributed by atoms with Crippen LogP contribution in [0.15, 0.2) is 35.7 Å². The molecule has 0 fully saturated rings. The first-order valence-corrected chi connectivity index (χ1v) is 5.02. The first kappa shape index (κ1) is 10.1. The predicted molar refractivity (Wildman–Crippen MR) is 58.3 cm³/mol. The molecule has 1 rings (SSSR count). The van der Waals surface area contributed by atoms with Gasteiger partial charge in [0, 0.05) is 18.4 Å². The molecule has 0 bridgehead atoms. The molecule has 0 aromatic heterocycles. The first-order chi connectivity index (χ1) is 6.25. The Kier molecular flexibility index (Phi) is 3.81. The Morgan fingerprint density at radius 3 is 2.92 bits per heavy atom. The fraction of sp³-hybridized carbons (Fsp3) is 0.500. The van der Waals surface area contributed by atoms with Crippen molar-refractivity contribution in [1.29, 1.82) is 0 Å². The van der Waals surface area contributed by atoms with Crippen molar-refractivity contribution in [3.8, 4) is 0 Å². The number of hydrogen-bond acceptors (Lipinski definition) is 1. The van der Waals surface area contributed by atoms with Gasteiger partial charge in [0.05, 0.1) is 0 Å².